The van der Waals surface area contributed by atoms with Crippen LogP contribution in [0.5, 0.6) is 5.75 Å². The van der Waals surface area contributed by atoms with Crippen molar-refractivity contribution in [2.24, 2.45) is 0 Å². The summed E-state index contributed by atoms with van der Waals surface area (Å²) in [7, 11) is -2.06. The molecule has 1 saturated heterocycles. The second kappa shape index (κ2) is 7.97. The molecule has 0 amide bonds. The van der Waals surface area contributed by atoms with E-state index < -0.39 is 10.0 Å². The van der Waals surface area contributed by atoms with Gasteiger partial charge in [0.2, 0.25) is 0 Å². The van der Waals surface area contributed by atoms with Crippen LogP contribution in [-0.4, -0.2) is 48.3 Å². The standard InChI is InChI=1S/C19H25N3O3S/c1-3-21-12-14-22(15-13-21)17-6-4-16(5-7-17)20-26(23,24)19-10-8-18(25-2)9-11-19/h4-11,20H,3,12-15H2,1-2H3/p+1. The monoisotopic (exact) mass is 376 g/mol. The molecular weight excluding hydrogens is 350 g/mol. The van der Waals surface area contributed by atoms with Crippen molar-refractivity contribution in [1.82, 2.24) is 0 Å². The molecule has 0 radical (unpaired) electrons. The van der Waals surface area contributed by atoms with Gasteiger partial charge in [0, 0.05) is 11.4 Å². The largest absolute Gasteiger partial charge is 0.497 e. The predicted octanol–water partition coefficient (Wildman–Crippen LogP) is 1.22. The third kappa shape index (κ3) is 4.28. The number of hydrogen-bond donors (Lipinski definition) is 2. The van der Waals surface area contributed by atoms with E-state index in [1.165, 1.54) is 18.7 Å². The number of anilines is 2. The highest BCUT2D eigenvalue weighted by Crippen LogP contribution is 2.22. The first kappa shape index (κ1) is 18.5. The van der Waals surface area contributed by atoms with Gasteiger partial charge in [-0.1, -0.05) is 0 Å². The fraction of sp³-hybridized carbons (Fsp3) is 0.368. The van der Waals surface area contributed by atoms with E-state index in [1.807, 2.05) is 24.3 Å². The van der Waals surface area contributed by atoms with Crippen LogP contribution in [0.1, 0.15) is 6.92 Å². The Balaban J connectivity index is 1.66. The third-order valence-electron chi connectivity index (χ3n) is 4.82. The molecule has 0 aliphatic carbocycles. The van der Waals surface area contributed by atoms with Crippen molar-refractivity contribution in [3.8, 4) is 5.75 Å². The maximum Gasteiger partial charge on any atom is 0.261 e. The minimum atomic E-state index is -3.61. The minimum absolute atomic E-state index is 0.209. The van der Waals surface area contributed by atoms with Crippen LogP contribution in [0.25, 0.3) is 0 Å². The van der Waals surface area contributed by atoms with Gasteiger partial charge >= 0.3 is 0 Å². The molecule has 2 aromatic carbocycles. The van der Waals surface area contributed by atoms with Gasteiger partial charge in [0.15, 0.2) is 0 Å². The van der Waals surface area contributed by atoms with Crippen LogP contribution in [0, 0.1) is 0 Å². The Labute approximate surface area is 155 Å². The Morgan fingerprint density at radius 3 is 2.19 bits per heavy atom. The number of nitrogens with one attached hydrogen (secondary N) is 2. The number of benzene rings is 2. The van der Waals surface area contributed by atoms with Gasteiger partial charge in [-0.3, -0.25) is 4.72 Å². The van der Waals surface area contributed by atoms with Crippen molar-refractivity contribution < 1.29 is 18.1 Å². The van der Waals surface area contributed by atoms with Crippen molar-refractivity contribution in [1.29, 1.82) is 0 Å². The van der Waals surface area contributed by atoms with E-state index in [9.17, 15) is 8.42 Å². The molecule has 1 aliphatic rings. The zero-order valence-corrected chi connectivity index (χ0v) is 16.1. The van der Waals surface area contributed by atoms with Gasteiger partial charge in [-0.15, -0.1) is 0 Å². The first-order valence-electron chi connectivity index (χ1n) is 8.87. The SMILES string of the molecule is CC[NH+]1CCN(c2ccc(NS(=O)(=O)c3ccc(OC)cc3)cc2)CC1. The van der Waals surface area contributed by atoms with Crippen LogP contribution >= 0.6 is 0 Å². The zero-order valence-electron chi connectivity index (χ0n) is 15.2. The number of rotatable bonds is 6. The van der Waals surface area contributed by atoms with Crippen molar-refractivity contribution in [3.63, 3.8) is 0 Å². The average Bonchev–Trinajstić information content (AvgIpc) is 2.68. The molecule has 140 valence electrons. The molecule has 2 aromatic rings. The number of likely N-dealkylation sites (N-methyl/N-ethyl adjacent to an activating group) is 1. The summed E-state index contributed by atoms with van der Waals surface area (Å²) in [5.74, 6) is 0.623. The van der Waals surface area contributed by atoms with Crippen molar-refractivity contribution in [2.75, 3.05) is 49.5 Å². The van der Waals surface area contributed by atoms with Crippen molar-refractivity contribution in [3.05, 3.63) is 48.5 Å². The summed E-state index contributed by atoms with van der Waals surface area (Å²) in [5, 5.41) is 0. The first-order valence-corrected chi connectivity index (χ1v) is 10.4. The summed E-state index contributed by atoms with van der Waals surface area (Å²) in [6.45, 7) is 7.72. The molecule has 0 saturated carbocycles. The van der Waals surface area contributed by atoms with Crippen LogP contribution in [0.2, 0.25) is 0 Å². The molecule has 1 fully saturated rings. The summed E-state index contributed by atoms with van der Waals surface area (Å²) in [5.41, 5.74) is 1.69. The highest BCUT2D eigenvalue weighted by molar-refractivity contribution is 7.92. The Morgan fingerprint density at radius 1 is 1.04 bits per heavy atom. The maximum absolute atomic E-state index is 12.5. The van der Waals surface area contributed by atoms with E-state index in [-0.39, 0.29) is 4.90 Å². The molecule has 0 aromatic heterocycles. The molecule has 26 heavy (non-hydrogen) atoms. The van der Waals surface area contributed by atoms with Crippen LogP contribution in [0.15, 0.2) is 53.4 Å². The van der Waals surface area contributed by atoms with Crippen molar-refractivity contribution >= 4 is 21.4 Å². The van der Waals surface area contributed by atoms with E-state index in [0.29, 0.717) is 11.4 Å². The zero-order chi connectivity index (χ0) is 18.6. The van der Waals surface area contributed by atoms with Gasteiger partial charge in [0.05, 0.1) is 44.7 Å². The van der Waals surface area contributed by atoms with Gasteiger partial charge < -0.3 is 14.5 Å². The van der Waals surface area contributed by atoms with Gasteiger partial charge in [0.1, 0.15) is 5.75 Å². The molecule has 0 atom stereocenters. The molecule has 2 N–H and O–H groups in total. The smallest absolute Gasteiger partial charge is 0.261 e. The predicted molar refractivity (Wildman–Crippen MR) is 104 cm³/mol. The lowest BCUT2D eigenvalue weighted by Crippen LogP contribution is -3.14. The topological polar surface area (TPSA) is 63.1 Å². The highest BCUT2D eigenvalue weighted by atomic mass is 32.2. The molecule has 0 spiro atoms. The second-order valence-corrected chi connectivity index (χ2v) is 8.10. The summed E-state index contributed by atoms with van der Waals surface area (Å²) < 4.78 is 32.7. The lowest BCUT2D eigenvalue weighted by molar-refractivity contribution is -0.898. The summed E-state index contributed by atoms with van der Waals surface area (Å²) >= 11 is 0. The Morgan fingerprint density at radius 2 is 1.65 bits per heavy atom. The van der Waals surface area contributed by atoms with Crippen molar-refractivity contribution in [2.45, 2.75) is 11.8 Å². The number of piperazine rings is 1. The molecule has 0 unspecified atom stereocenters. The number of hydrogen-bond acceptors (Lipinski definition) is 4. The van der Waals surface area contributed by atoms with Gasteiger partial charge in [-0.25, -0.2) is 8.42 Å². The van der Waals surface area contributed by atoms with E-state index in [1.54, 1.807) is 24.1 Å². The molecule has 7 heteroatoms. The fourth-order valence-corrected chi connectivity index (χ4v) is 4.20. The van der Waals surface area contributed by atoms with E-state index in [4.69, 9.17) is 4.74 Å². The Hall–Kier alpha value is -2.25. The second-order valence-electron chi connectivity index (χ2n) is 6.42. The van der Waals surface area contributed by atoms with Crippen LogP contribution < -0.4 is 19.3 Å². The normalized spacial score (nSPS) is 15.7. The van der Waals surface area contributed by atoms with E-state index in [0.717, 1.165) is 31.9 Å². The number of nitrogens with zero attached hydrogens (tertiary/aromatic N) is 1. The van der Waals surface area contributed by atoms with Gasteiger partial charge in [-0.2, -0.15) is 0 Å². The fourth-order valence-electron chi connectivity index (χ4n) is 3.14. The van der Waals surface area contributed by atoms with Crippen LogP contribution in [-0.2, 0) is 10.0 Å². The molecule has 1 aliphatic heterocycles. The third-order valence-corrected chi connectivity index (χ3v) is 6.22. The molecule has 0 bridgehead atoms. The van der Waals surface area contributed by atoms with E-state index in [2.05, 4.69) is 16.5 Å². The number of ether oxygens (including phenoxy) is 1. The average molecular weight is 377 g/mol. The molecular formula is C19H26N3O3S+. The van der Waals surface area contributed by atoms with Crippen LogP contribution in [0.4, 0.5) is 11.4 Å². The van der Waals surface area contributed by atoms with Crippen LogP contribution in [0.3, 0.4) is 0 Å². The Bertz CT molecular complexity index is 812. The molecule has 1 heterocycles. The number of methoxy groups -OCH3 is 1. The number of quaternary nitrogens is 1. The summed E-state index contributed by atoms with van der Waals surface area (Å²) in [4.78, 5) is 4.19. The lowest BCUT2D eigenvalue weighted by Gasteiger charge is -2.33. The number of sulfonamides is 1. The lowest BCUT2D eigenvalue weighted by atomic mass is 10.2. The minimum Gasteiger partial charge on any atom is -0.497 e. The maximum atomic E-state index is 12.5. The molecule has 3 rings (SSSR count). The quantitative estimate of drug-likeness (QED) is 0.796. The van der Waals surface area contributed by atoms with Gasteiger partial charge in [0.25, 0.3) is 10.0 Å². The Kier molecular flexibility index (Phi) is 5.68. The summed E-state index contributed by atoms with van der Waals surface area (Å²) in [6, 6.07) is 13.9. The van der Waals surface area contributed by atoms with Gasteiger partial charge in [-0.05, 0) is 55.5 Å². The highest BCUT2D eigenvalue weighted by Gasteiger charge is 2.19. The van der Waals surface area contributed by atoms with E-state index >= 15 is 0 Å². The molecule has 6 nitrogen and oxygen atoms in total. The first-order chi connectivity index (χ1) is 12.5. The summed E-state index contributed by atoms with van der Waals surface area (Å²) in [6.07, 6.45) is 0.